The number of hydrogen-bond acceptors (Lipinski definition) is 4. The first-order valence-corrected chi connectivity index (χ1v) is 6.26. The number of rotatable bonds is 3. The van der Waals surface area contributed by atoms with Gasteiger partial charge in [-0.25, -0.2) is 4.98 Å². The monoisotopic (exact) mass is 402 g/mol. The number of nitro groups is 1. The summed E-state index contributed by atoms with van der Waals surface area (Å²) in [5.74, 6) is -0.0119. The second-order valence-electron chi connectivity index (χ2n) is 2.44. The quantitative estimate of drug-likeness (QED) is 0.439. The van der Waals surface area contributed by atoms with Crippen molar-refractivity contribution in [3.05, 3.63) is 26.3 Å². The Labute approximate surface area is 111 Å². The van der Waals surface area contributed by atoms with Crippen LogP contribution < -0.4 is 4.74 Å². The fourth-order valence-corrected chi connectivity index (χ4v) is 2.76. The van der Waals surface area contributed by atoms with Gasteiger partial charge in [0.1, 0.15) is 3.74 Å². The molecule has 0 bridgehead atoms. The molecule has 1 rings (SSSR count). The van der Waals surface area contributed by atoms with Gasteiger partial charge in [0.05, 0.1) is 17.7 Å². The fraction of sp³-hybridized carbons (Fsp3) is 0.286. The van der Waals surface area contributed by atoms with Crippen molar-refractivity contribution in [2.75, 3.05) is 7.11 Å². The van der Waals surface area contributed by atoms with Gasteiger partial charge in [-0.2, -0.15) is 0 Å². The van der Waals surface area contributed by atoms with Gasteiger partial charge in [-0.3, -0.25) is 10.1 Å². The van der Waals surface area contributed by atoms with E-state index >= 15 is 0 Å². The van der Waals surface area contributed by atoms with E-state index in [-0.39, 0.29) is 15.3 Å². The standard InChI is InChI=1S/C7H5Br3N2O3/c1-15-7-4(12(13)14)2-3(8)5(11-7)6(9)10/h2,6H,1H3. The number of methoxy groups -OCH3 is 1. The fourth-order valence-electron chi connectivity index (χ4n) is 0.910. The van der Waals surface area contributed by atoms with Crippen LogP contribution in [0.4, 0.5) is 5.69 Å². The van der Waals surface area contributed by atoms with Crippen molar-refractivity contribution >= 4 is 53.5 Å². The smallest absolute Gasteiger partial charge is 0.332 e. The zero-order chi connectivity index (χ0) is 11.6. The van der Waals surface area contributed by atoms with Crippen LogP contribution in [0.1, 0.15) is 9.43 Å². The molecule has 0 radical (unpaired) electrons. The zero-order valence-corrected chi connectivity index (χ0v) is 12.2. The van der Waals surface area contributed by atoms with Gasteiger partial charge in [0.2, 0.25) is 0 Å². The second kappa shape index (κ2) is 5.22. The summed E-state index contributed by atoms with van der Waals surface area (Å²) in [6, 6.07) is 1.36. The minimum atomic E-state index is -0.544. The molecule has 1 aromatic rings. The van der Waals surface area contributed by atoms with Crippen molar-refractivity contribution in [2.45, 2.75) is 3.74 Å². The molecule has 5 nitrogen and oxygen atoms in total. The molecule has 0 saturated carbocycles. The molecule has 1 aromatic heterocycles. The molecule has 8 heteroatoms. The van der Waals surface area contributed by atoms with Gasteiger partial charge in [0.25, 0.3) is 5.88 Å². The minimum absolute atomic E-state index is 0.0119. The van der Waals surface area contributed by atoms with E-state index in [2.05, 4.69) is 52.8 Å². The Bertz CT molecular complexity index is 397. The maximum Gasteiger partial charge on any atom is 0.332 e. The maximum atomic E-state index is 10.7. The van der Waals surface area contributed by atoms with Crippen LogP contribution in [-0.4, -0.2) is 17.0 Å². The van der Waals surface area contributed by atoms with Gasteiger partial charge in [-0.15, -0.1) is 0 Å². The topological polar surface area (TPSA) is 65.3 Å². The van der Waals surface area contributed by atoms with Crippen LogP contribution in [-0.2, 0) is 0 Å². The Morgan fingerprint density at radius 3 is 2.60 bits per heavy atom. The largest absolute Gasteiger partial charge is 0.476 e. The van der Waals surface area contributed by atoms with Gasteiger partial charge in [-0.05, 0) is 15.9 Å². The summed E-state index contributed by atoms with van der Waals surface area (Å²) in [5.41, 5.74) is 0.409. The molecule has 0 saturated heterocycles. The van der Waals surface area contributed by atoms with Crippen molar-refractivity contribution in [1.29, 1.82) is 0 Å². The average molecular weight is 405 g/mol. The molecule has 0 aliphatic heterocycles. The van der Waals surface area contributed by atoms with Crippen molar-refractivity contribution in [2.24, 2.45) is 0 Å². The molecule has 15 heavy (non-hydrogen) atoms. The van der Waals surface area contributed by atoms with Crippen molar-refractivity contribution < 1.29 is 9.66 Å². The summed E-state index contributed by atoms with van der Waals surface area (Å²) >= 11 is 9.71. The molecule has 0 spiro atoms. The summed E-state index contributed by atoms with van der Waals surface area (Å²) in [5, 5.41) is 10.7. The molecule has 0 atom stereocenters. The lowest BCUT2D eigenvalue weighted by Crippen LogP contribution is -2.00. The first kappa shape index (κ1) is 12.9. The van der Waals surface area contributed by atoms with Crippen LogP contribution in [0.5, 0.6) is 5.88 Å². The van der Waals surface area contributed by atoms with Crippen LogP contribution in [0, 0.1) is 10.1 Å². The Morgan fingerprint density at radius 2 is 2.20 bits per heavy atom. The van der Waals surface area contributed by atoms with E-state index in [1.54, 1.807) is 0 Å². The van der Waals surface area contributed by atoms with Crippen LogP contribution in [0.3, 0.4) is 0 Å². The highest BCUT2D eigenvalue weighted by Gasteiger charge is 2.21. The summed E-state index contributed by atoms with van der Waals surface area (Å²) in [6.45, 7) is 0. The lowest BCUT2D eigenvalue weighted by Gasteiger charge is -2.07. The zero-order valence-electron chi connectivity index (χ0n) is 7.41. The van der Waals surface area contributed by atoms with E-state index < -0.39 is 4.92 Å². The van der Waals surface area contributed by atoms with E-state index in [0.29, 0.717) is 10.2 Å². The lowest BCUT2D eigenvalue weighted by atomic mass is 10.3. The molecule has 82 valence electrons. The summed E-state index contributed by atoms with van der Waals surface area (Å²) in [7, 11) is 1.34. The predicted molar refractivity (Wildman–Crippen MR) is 65.7 cm³/mol. The highest BCUT2D eigenvalue weighted by Crippen LogP contribution is 2.38. The number of hydrogen-bond donors (Lipinski definition) is 0. The maximum absolute atomic E-state index is 10.7. The molecule has 0 amide bonds. The van der Waals surface area contributed by atoms with Crippen LogP contribution in [0.2, 0.25) is 0 Å². The average Bonchev–Trinajstić information content (AvgIpc) is 2.16. The van der Waals surface area contributed by atoms with Gasteiger partial charge < -0.3 is 4.74 Å². The number of nitrogens with zero attached hydrogens (tertiary/aromatic N) is 2. The van der Waals surface area contributed by atoms with Gasteiger partial charge in [0.15, 0.2) is 0 Å². The van der Waals surface area contributed by atoms with Gasteiger partial charge in [-0.1, -0.05) is 31.9 Å². The number of halogens is 3. The van der Waals surface area contributed by atoms with Crippen LogP contribution in [0.25, 0.3) is 0 Å². The number of aromatic nitrogens is 1. The molecule has 0 N–H and O–H groups in total. The first-order valence-electron chi connectivity index (χ1n) is 3.64. The summed E-state index contributed by atoms with van der Waals surface area (Å²) in [4.78, 5) is 14.1. The van der Waals surface area contributed by atoms with E-state index in [0.717, 1.165) is 0 Å². The first-order chi connectivity index (χ1) is 6.97. The highest BCUT2D eigenvalue weighted by atomic mass is 79.9. The predicted octanol–water partition coefficient (Wildman–Crippen LogP) is 3.55. The molecule has 0 unspecified atom stereocenters. The van der Waals surface area contributed by atoms with E-state index in [1.807, 2.05) is 0 Å². The summed E-state index contributed by atoms with van der Waals surface area (Å²) in [6.07, 6.45) is 0. The Kier molecular flexibility index (Phi) is 4.47. The Morgan fingerprint density at radius 1 is 1.60 bits per heavy atom. The van der Waals surface area contributed by atoms with Crippen molar-refractivity contribution in [3.8, 4) is 5.88 Å². The number of alkyl halides is 2. The van der Waals surface area contributed by atoms with Crippen molar-refractivity contribution in [1.82, 2.24) is 4.98 Å². The molecular weight excluding hydrogens is 400 g/mol. The van der Waals surface area contributed by atoms with Gasteiger partial charge in [0, 0.05) is 10.5 Å². The summed E-state index contributed by atoms with van der Waals surface area (Å²) < 4.78 is 5.17. The molecule has 0 aromatic carbocycles. The van der Waals surface area contributed by atoms with E-state index in [4.69, 9.17) is 4.74 Å². The molecule has 0 aliphatic rings. The lowest BCUT2D eigenvalue weighted by molar-refractivity contribution is -0.386. The molecule has 1 heterocycles. The Balaban J connectivity index is 3.35. The van der Waals surface area contributed by atoms with Gasteiger partial charge >= 0.3 is 5.69 Å². The SMILES string of the molecule is COc1nc(C(Br)Br)c(Br)cc1[N+](=O)[O-]. The highest BCUT2D eigenvalue weighted by molar-refractivity contribution is 9.24. The third-order valence-corrected chi connectivity index (χ3v) is 3.05. The van der Waals surface area contributed by atoms with E-state index in [9.17, 15) is 10.1 Å². The molecular formula is C7H5Br3N2O3. The second-order valence-corrected chi connectivity index (χ2v) is 6.36. The van der Waals surface area contributed by atoms with Crippen LogP contribution >= 0.6 is 47.8 Å². The third kappa shape index (κ3) is 2.88. The third-order valence-electron chi connectivity index (χ3n) is 1.55. The Hall–Kier alpha value is -0.210. The molecule has 0 fully saturated rings. The van der Waals surface area contributed by atoms with Crippen molar-refractivity contribution in [3.63, 3.8) is 0 Å². The normalized spacial score (nSPS) is 10.5. The number of ether oxygens (including phenoxy) is 1. The minimum Gasteiger partial charge on any atom is -0.476 e. The van der Waals surface area contributed by atoms with E-state index in [1.165, 1.54) is 13.2 Å². The number of pyridine rings is 1. The molecule has 0 aliphatic carbocycles. The van der Waals surface area contributed by atoms with Crippen LogP contribution in [0.15, 0.2) is 10.5 Å².